The molecule has 21 heteroatoms. The van der Waals surface area contributed by atoms with Crippen LogP contribution in [0, 0.1) is 0 Å². The number of nitrogens with zero attached hydrogens (tertiary/aromatic N) is 2. The molecule has 0 bridgehead atoms. The van der Waals surface area contributed by atoms with Gasteiger partial charge in [0.25, 0.3) is 11.8 Å². The minimum Gasteiger partial charge on any atom is -0.457 e. The minimum atomic E-state index is -1.50. The lowest BCUT2D eigenvalue weighted by molar-refractivity contribution is -0.154. The van der Waals surface area contributed by atoms with Crippen molar-refractivity contribution in [3.8, 4) is 0 Å². The molecule has 7 rings (SSSR count). The monoisotopic (exact) mass is 1020 g/mol. The number of fused-ring (bicyclic) bond motifs is 1. The van der Waals surface area contributed by atoms with E-state index < -0.39 is 90.5 Å². The molecule has 1 aromatic heterocycles. The number of nitrogens with one attached hydrogen (secondary N) is 3. The third kappa shape index (κ3) is 13.6. The van der Waals surface area contributed by atoms with Crippen molar-refractivity contribution >= 4 is 59.5 Å². The summed E-state index contributed by atoms with van der Waals surface area (Å²) in [6, 6.07) is 36.1. The fraction of sp³-hybridized carbons (Fsp3) is 0.269. The fourth-order valence-electron chi connectivity index (χ4n) is 7.56. The molecule has 1 fully saturated rings. The number of oxime groups is 1. The number of amides is 5. The maximum atomic E-state index is 14.2. The van der Waals surface area contributed by atoms with E-state index in [0.717, 1.165) is 0 Å². The van der Waals surface area contributed by atoms with Gasteiger partial charge < -0.3 is 54.6 Å². The number of alkyl carbamates (subject to hydrolysis) is 2. The predicted octanol–water partition coefficient (Wildman–Crippen LogP) is 6.16. The van der Waals surface area contributed by atoms with Gasteiger partial charge in [-0.1, -0.05) is 126 Å². The molecule has 0 spiro atoms. The summed E-state index contributed by atoms with van der Waals surface area (Å²) in [6.07, 6.45) is -4.79. The Kier molecular flexibility index (Phi) is 17.2. The highest BCUT2D eigenvalue weighted by molar-refractivity contribution is 8.00. The summed E-state index contributed by atoms with van der Waals surface area (Å²) in [5, 5.41) is 10.6. The Hall–Kier alpha value is -8.59. The molecule has 3 heterocycles. The highest BCUT2D eigenvalue weighted by Gasteiger charge is 2.55. The van der Waals surface area contributed by atoms with Crippen LogP contribution in [0.4, 0.5) is 14.4 Å². The zero-order chi connectivity index (χ0) is 52.1. The Morgan fingerprint density at radius 3 is 1.84 bits per heavy atom. The molecule has 1 saturated heterocycles. The van der Waals surface area contributed by atoms with Gasteiger partial charge in [-0.05, 0) is 55.2 Å². The van der Waals surface area contributed by atoms with Crippen LogP contribution >= 0.6 is 11.8 Å². The second-order valence-electron chi connectivity index (χ2n) is 17.2. The van der Waals surface area contributed by atoms with Gasteiger partial charge in [0, 0.05) is 11.3 Å². The van der Waals surface area contributed by atoms with E-state index >= 15 is 0 Å². The van der Waals surface area contributed by atoms with E-state index in [0.29, 0.717) is 22.3 Å². The van der Waals surface area contributed by atoms with E-state index in [1.54, 1.807) is 118 Å². The van der Waals surface area contributed by atoms with Gasteiger partial charge in [0.2, 0.25) is 5.71 Å². The molecule has 380 valence electrons. The second kappa shape index (κ2) is 24.0. The van der Waals surface area contributed by atoms with Crippen LogP contribution in [-0.4, -0.2) is 102 Å². The molecule has 1 unspecified atom stereocenters. The van der Waals surface area contributed by atoms with E-state index in [1.807, 2.05) is 24.3 Å². The zero-order valence-electron chi connectivity index (χ0n) is 40.0. The summed E-state index contributed by atoms with van der Waals surface area (Å²) in [4.78, 5) is 99.4. The summed E-state index contributed by atoms with van der Waals surface area (Å²) >= 11 is 1.20. The van der Waals surface area contributed by atoms with Crippen LogP contribution < -0.4 is 21.7 Å². The molecule has 0 aliphatic carbocycles. The SMILES string of the molecule is CO/N=C(/C(=O)N[C@@H]1C(=O)N2C(C(=O)OC(c3ccccc3)c3ccccc3)=C(COC(N)=O)CS[C@H]12)c1ccc(CNC(=O)OCC(NC(=O)OC(C)(C)C)C(=O)OC(c2ccccc2)c2ccccc2)o1. The number of hydrogen-bond donors (Lipinski definition) is 4. The molecule has 5 N–H and O–H groups in total. The number of benzene rings is 4. The van der Waals surface area contributed by atoms with Gasteiger partial charge in [-0.2, -0.15) is 0 Å². The highest BCUT2D eigenvalue weighted by atomic mass is 32.2. The Morgan fingerprint density at radius 2 is 1.32 bits per heavy atom. The molecule has 3 atom stereocenters. The van der Waals surface area contributed by atoms with E-state index in [9.17, 15) is 33.6 Å². The maximum Gasteiger partial charge on any atom is 0.408 e. The van der Waals surface area contributed by atoms with Crippen LogP contribution in [0.15, 0.2) is 154 Å². The van der Waals surface area contributed by atoms with E-state index in [1.165, 1.54) is 35.9 Å². The number of thioether (sulfide) groups is 1. The van der Waals surface area contributed by atoms with Crippen LogP contribution in [0.25, 0.3) is 0 Å². The number of primary amides is 1. The summed E-state index contributed by atoms with van der Waals surface area (Å²) in [5.41, 5.74) is 6.72. The largest absolute Gasteiger partial charge is 0.457 e. The number of esters is 2. The van der Waals surface area contributed by atoms with Crippen molar-refractivity contribution in [1.29, 1.82) is 0 Å². The van der Waals surface area contributed by atoms with Gasteiger partial charge in [0.15, 0.2) is 24.0 Å². The van der Waals surface area contributed by atoms with Gasteiger partial charge in [-0.3, -0.25) is 14.5 Å². The summed E-state index contributed by atoms with van der Waals surface area (Å²) in [5.74, 6) is -3.22. The Balaban J connectivity index is 0.989. The summed E-state index contributed by atoms with van der Waals surface area (Å²) in [6.45, 7) is 3.60. The lowest BCUT2D eigenvalue weighted by Gasteiger charge is -2.49. The molecular weight excluding hydrogens is 965 g/mol. The molecular formula is C52H52N6O14S. The number of nitrogens with two attached hydrogens (primary N) is 1. The van der Waals surface area contributed by atoms with Gasteiger partial charge in [-0.15, -0.1) is 11.8 Å². The number of carbonyl (C=O) groups is 7. The Morgan fingerprint density at radius 1 is 0.767 bits per heavy atom. The summed E-state index contributed by atoms with van der Waals surface area (Å²) < 4.78 is 33.6. The van der Waals surface area contributed by atoms with Crippen LogP contribution in [0.2, 0.25) is 0 Å². The number of β-lactam (4-membered cyclic amide) rings is 1. The predicted molar refractivity (Wildman–Crippen MR) is 263 cm³/mol. The number of ether oxygens (including phenoxy) is 5. The first-order chi connectivity index (χ1) is 35.1. The first-order valence-corrected chi connectivity index (χ1v) is 23.8. The molecule has 20 nitrogen and oxygen atoms in total. The van der Waals surface area contributed by atoms with Crippen LogP contribution in [0.5, 0.6) is 0 Å². The molecule has 73 heavy (non-hydrogen) atoms. The Labute approximate surface area is 423 Å². The number of rotatable bonds is 19. The molecule has 5 aromatic rings. The van der Waals surface area contributed by atoms with E-state index in [2.05, 4.69) is 21.1 Å². The van der Waals surface area contributed by atoms with Crippen molar-refractivity contribution in [2.75, 3.05) is 26.1 Å². The van der Waals surface area contributed by atoms with Crippen molar-refractivity contribution in [3.05, 3.63) is 179 Å². The van der Waals surface area contributed by atoms with Crippen LogP contribution in [-0.2, 0) is 54.2 Å². The normalized spacial score (nSPS) is 15.8. The van der Waals surface area contributed by atoms with Gasteiger partial charge in [-0.25, -0.2) is 24.0 Å². The molecule has 2 aliphatic rings. The van der Waals surface area contributed by atoms with Gasteiger partial charge in [0.1, 0.15) is 48.8 Å². The van der Waals surface area contributed by atoms with E-state index in [-0.39, 0.29) is 40.8 Å². The zero-order valence-corrected chi connectivity index (χ0v) is 40.8. The topological polar surface area (TPSA) is 266 Å². The Bertz CT molecular complexity index is 2760. The minimum absolute atomic E-state index is 0.101. The van der Waals surface area contributed by atoms with Crippen molar-refractivity contribution in [1.82, 2.24) is 20.9 Å². The smallest absolute Gasteiger partial charge is 0.408 e. The second-order valence-corrected chi connectivity index (χ2v) is 18.3. The molecule has 0 saturated carbocycles. The molecule has 5 amide bonds. The third-order valence-electron chi connectivity index (χ3n) is 10.8. The average molecular weight is 1020 g/mol. The first kappa shape index (κ1) is 52.2. The average Bonchev–Trinajstić information content (AvgIpc) is 3.86. The molecule has 2 aliphatic heterocycles. The quantitative estimate of drug-likeness (QED) is 0.0237. The molecule has 4 aromatic carbocycles. The lowest BCUT2D eigenvalue weighted by atomic mass is 10.0. The van der Waals surface area contributed by atoms with Crippen LogP contribution in [0.3, 0.4) is 0 Å². The number of carbonyl (C=O) groups excluding carboxylic acids is 7. The third-order valence-corrected chi connectivity index (χ3v) is 12.2. The van der Waals surface area contributed by atoms with Crippen molar-refractivity contribution in [3.63, 3.8) is 0 Å². The lowest BCUT2D eigenvalue weighted by Crippen LogP contribution is -2.71. The van der Waals surface area contributed by atoms with Gasteiger partial charge >= 0.3 is 30.2 Å². The fourth-order valence-corrected chi connectivity index (χ4v) is 8.89. The van der Waals surface area contributed by atoms with Crippen molar-refractivity contribution < 1.29 is 66.5 Å². The number of hydrogen-bond acceptors (Lipinski definition) is 16. The standard InChI is InChI=1S/C52H52N6O14S/c1-52(2,3)72-51(65)55-37(47(61)70-42(31-17-9-5-10-18-31)32-19-11-6-12-20-32)29-68-50(64)54-27-36-25-26-38(69-36)39(57-66-4)44(59)56-40-45(60)58-41(35(28-67-49(53)63)30-73-46(40)58)48(62)71-43(33-21-13-7-14-22-33)34-23-15-8-16-24-34/h5-26,37,40,42-43,46H,27-30H2,1-4H3,(H2,53,63)(H,54,64)(H,55,65)(H,56,59)/b57-39+/t37?,40-,46-/m1/s1. The van der Waals surface area contributed by atoms with Crippen LogP contribution in [0.1, 0.15) is 66.8 Å². The van der Waals surface area contributed by atoms with Crippen molar-refractivity contribution in [2.45, 2.75) is 62.6 Å². The van der Waals surface area contributed by atoms with Crippen molar-refractivity contribution in [2.24, 2.45) is 10.9 Å². The highest BCUT2D eigenvalue weighted by Crippen LogP contribution is 2.42. The first-order valence-electron chi connectivity index (χ1n) is 22.7. The number of furan rings is 1. The molecule has 0 radical (unpaired) electrons. The summed E-state index contributed by atoms with van der Waals surface area (Å²) in [7, 11) is 1.20. The van der Waals surface area contributed by atoms with Gasteiger partial charge in [0.05, 0.1) is 6.54 Å². The van der Waals surface area contributed by atoms with E-state index in [4.69, 9.17) is 38.7 Å². The maximum absolute atomic E-state index is 14.2.